The third-order valence-corrected chi connectivity index (χ3v) is 4.11. The Bertz CT molecular complexity index is 502. The maximum absolute atomic E-state index is 11.4. The lowest BCUT2D eigenvalue weighted by atomic mass is 10.2. The highest BCUT2D eigenvalue weighted by molar-refractivity contribution is 7.19. The van der Waals surface area contributed by atoms with Crippen LogP contribution in [0.1, 0.15) is 24.8 Å². The number of fused-ring (bicyclic) bond motifs is 1. The molecule has 1 unspecified atom stereocenters. The Kier molecular flexibility index (Phi) is 4.33. The molecule has 2 N–H and O–H groups in total. The molecule has 3 nitrogen and oxygen atoms in total. The minimum Gasteiger partial charge on any atom is -0.355 e. The molecule has 1 aromatic heterocycles. The minimum atomic E-state index is 0.0467. The lowest BCUT2D eigenvalue weighted by Gasteiger charge is -2.11. The number of carbonyl (C=O) groups excluding carboxylic acids is 1. The van der Waals surface area contributed by atoms with Crippen LogP contribution in [0.3, 0.4) is 0 Å². The van der Waals surface area contributed by atoms with E-state index in [1.807, 2.05) is 13.0 Å². The van der Waals surface area contributed by atoms with Crippen molar-refractivity contribution in [3.63, 3.8) is 0 Å². The fraction of sp³-hybridized carbons (Fsp3) is 0.357. The first-order valence-electron chi connectivity index (χ1n) is 6.19. The van der Waals surface area contributed by atoms with Gasteiger partial charge in [0.25, 0.3) is 0 Å². The van der Waals surface area contributed by atoms with Crippen molar-refractivity contribution in [2.24, 2.45) is 0 Å². The van der Waals surface area contributed by atoms with E-state index in [1.165, 1.54) is 15.0 Å². The molecule has 96 valence electrons. The SMILES string of the molecule is CCNC(=O)CNC(C)c1cc2ccccc2s1. The van der Waals surface area contributed by atoms with Crippen LogP contribution in [0, 0.1) is 0 Å². The minimum absolute atomic E-state index is 0.0467. The fourth-order valence-corrected chi connectivity index (χ4v) is 2.91. The Labute approximate surface area is 111 Å². The summed E-state index contributed by atoms with van der Waals surface area (Å²) < 4.78 is 1.29. The van der Waals surface area contributed by atoms with Crippen LogP contribution in [0.2, 0.25) is 0 Å². The molecule has 0 spiro atoms. The maximum atomic E-state index is 11.4. The fourth-order valence-electron chi connectivity index (χ4n) is 1.82. The topological polar surface area (TPSA) is 41.1 Å². The lowest BCUT2D eigenvalue weighted by Crippen LogP contribution is -2.34. The number of benzene rings is 1. The van der Waals surface area contributed by atoms with E-state index in [9.17, 15) is 4.79 Å². The highest BCUT2D eigenvalue weighted by atomic mass is 32.1. The number of nitrogens with one attached hydrogen (secondary N) is 2. The Morgan fingerprint density at radius 3 is 2.89 bits per heavy atom. The van der Waals surface area contributed by atoms with Gasteiger partial charge in [-0.25, -0.2) is 0 Å². The van der Waals surface area contributed by atoms with Crippen LogP contribution in [0.5, 0.6) is 0 Å². The zero-order valence-corrected chi connectivity index (χ0v) is 11.5. The number of amides is 1. The van der Waals surface area contributed by atoms with Crippen molar-refractivity contribution in [1.29, 1.82) is 0 Å². The first-order valence-corrected chi connectivity index (χ1v) is 7.01. The van der Waals surface area contributed by atoms with E-state index in [-0.39, 0.29) is 11.9 Å². The van der Waals surface area contributed by atoms with Crippen molar-refractivity contribution in [2.45, 2.75) is 19.9 Å². The van der Waals surface area contributed by atoms with Crippen molar-refractivity contribution in [3.05, 3.63) is 35.2 Å². The highest BCUT2D eigenvalue weighted by Crippen LogP contribution is 2.29. The summed E-state index contributed by atoms with van der Waals surface area (Å²) in [5.41, 5.74) is 0. The average molecular weight is 262 g/mol. The van der Waals surface area contributed by atoms with E-state index in [1.54, 1.807) is 11.3 Å². The predicted octanol–water partition coefficient (Wildman–Crippen LogP) is 2.69. The van der Waals surface area contributed by atoms with Crippen LogP contribution in [0.15, 0.2) is 30.3 Å². The molecule has 0 aliphatic carbocycles. The van der Waals surface area contributed by atoms with Crippen LogP contribution >= 0.6 is 11.3 Å². The second kappa shape index (κ2) is 5.98. The quantitative estimate of drug-likeness (QED) is 0.870. The summed E-state index contributed by atoms with van der Waals surface area (Å²) in [4.78, 5) is 12.6. The smallest absolute Gasteiger partial charge is 0.233 e. The maximum Gasteiger partial charge on any atom is 0.233 e. The van der Waals surface area contributed by atoms with Crippen molar-refractivity contribution >= 4 is 27.3 Å². The normalized spacial score (nSPS) is 12.6. The Hall–Kier alpha value is -1.39. The molecule has 2 rings (SSSR count). The van der Waals surface area contributed by atoms with Gasteiger partial charge in [-0.05, 0) is 31.4 Å². The van der Waals surface area contributed by atoms with Crippen LogP contribution in [-0.4, -0.2) is 19.0 Å². The molecule has 1 amide bonds. The molecule has 0 bridgehead atoms. The van der Waals surface area contributed by atoms with E-state index in [4.69, 9.17) is 0 Å². The summed E-state index contributed by atoms with van der Waals surface area (Å²) >= 11 is 1.78. The molecular weight excluding hydrogens is 244 g/mol. The molecule has 1 aromatic carbocycles. The van der Waals surface area contributed by atoms with Gasteiger partial charge in [0, 0.05) is 22.2 Å². The number of rotatable bonds is 5. The van der Waals surface area contributed by atoms with E-state index in [2.05, 4.69) is 41.8 Å². The van der Waals surface area contributed by atoms with Gasteiger partial charge in [-0.3, -0.25) is 4.79 Å². The number of carbonyl (C=O) groups is 1. The number of hydrogen-bond donors (Lipinski definition) is 2. The zero-order chi connectivity index (χ0) is 13.0. The summed E-state index contributed by atoms with van der Waals surface area (Å²) in [7, 11) is 0. The predicted molar refractivity (Wildman–Crippen MR) is 76.9 cm³/mol. The summed E-state index contributed by atoms with van der Waals surface area (Å²) in [5, 5.41) is 7.29. The van der Waals surface area contributed by atoms with Gasteiger partial charge in [0.05, 0.1) is 6.54 Å². The van der Waals surface area contributed by atoms with Crippen molar-refractivity contribution in [1.82, 2.24) is 10.6 Å². The van der Waals surface area contributed by atoms with Gasteiger partial charge in [0.15, 0.2) is 0 Å². The van der Waals surface area contributed by atoms with Crippen LogP contribution in [-0.2, 0) is 4.79 Å². The summed E-state index contributed by atoms with van der Waals surface area (Å²) in [6, 6.07) is 10.7. The van der Waals surface area contributed by atoms with E-state index in [0.29, 0.717) is 13.1 Å². The molecule has 0 saturated heterocycles. The molecule has 4 heteroatoms. The molecule has 2 aromatic rings. The van der Waals surface area contributed by atoms with Gasteiger partial charge in [-0.15, -0.1) is 11.3 Å². The standard InChI is InChI=1S/C14H18N2OS/c1-3-15-14(17)9-16-10(2)13-8-11-6-4-5-7-12(11)18-13/h4-8,10,16H,3,9H2,1-2H3,(H,15,17). The molecular formula is C14H18N2OS. The van der Waals surface area contributed by atoms with Gasteiger partial charge in [0.2, 0.25) is 5.91 Å². The molecule has 0 saturated carbocycles. The van der Waals surface area contributed by atoms with Crippen molar-refractivity contribution < 1.29 is 4.79 Å². The monoisotopic (exact) mass is 262 g/mol. The van der Waals surface area contributed by atoms with Crippen molar-refractivity contribution in [3.8, 4) is 0 Å². The Balaban J connectivity index is 2.00. The van der Waals surface area contributed by atoms with Crippen LogP contribution in [0.4, 0.5) is 0 Å². The van der Waals surface area contributed by atoms with Gasteiger partial charge < -0.3 is 10.6 Å². The third kappa shape index (κ3) is 3.09. The second-order valence-electron chi connectivity index (χ2n) is 4.24. The molecule has 0 aliphatic rings. The molecule has 0 aliphatic heterocycles. The van der Waals surface area contributed by atoms with Crippen LogP contribution in [0.25, 0.3) is 10.1 Å². The third-order valence-electron chi connectivity index (χ3n) is 2.81. The molecule has 1 heterocycles. The molecule has 0 fully saturated rings. The van der Waals surface area contributed by atoms with Gasteiger partial charge in [-0.2, -0.15) is 0 Å². The van der Waals surface area contributed by atoms with Crippen molar-refractivity contribution in [2.75, 3.05) is 13.1 Å². The van der Waals surface area contributed by atoms with E-state index in [0.717, 1.165) is 0 Å². The Morgan fingerprint density at radius 1 is 1.39 bits per heavy atom. The lowest BCUT2D eigenvalue weighted by molar-refractivity contribution is -0.120. The Morgan fingerprint density at radius 2 is 2.17 bits per heavy atom. The van der Waals surface area contributed by atoms with E-state index < -0.39 is 0 Å². The molecule has 0 radical (unpaired) electrons. The summed E-state index contributed by atoms with van der Waals surface area (Å²) in [6.07, 6.45) is 0. The highest BCUT2D eigenvalue weighted by Gasteiger charge is 2.10. The number of thiophene rings is 1. The number of hydrogen-bond acceptors (Lipinski definition) is 3. The first-order chi connectivity index (χ1) is 8.70. The average Bonchev–Trinajstić information content (AvgIpc) is 2.80. The first kappa shape index (κ1) is 13.1. The number of likely N-dealkylation sites (N-methyl/N-ethyl adjacent to an activating group) is 1. The molecule has 1 atom stereocenters. The zero-order valence-electron chi connectivity index (χ0n) is 10.7. The summed E-state index contributed by atoms with van der Waals surface area (Å²) in [6.45, 7) is 5.05. The summed E-state index contributed by atoms with van der Waals surface area (Å²) in [5.74, 6) is 0.0467. The van der Waals surface area contributed by atoms with E-state index >= 15 is 0 Å². The largest absolute Gasteiger partial charge is 0.355 e. The van der Waals surface area contributed by atoms with Crippen LogP contribution < -0.4 is 10.6 Å². The van der Waals surface area contributed by atoms with Gasteiger partial charge in [-0.1, -0.05) is 18.2 Å². The molecule has 18 heavy (non-hydrogen) atoms. The second-order valence-corrected chi connectivity index (χ2v) is 5.36. The van der Waals surface area contributed by atoms with Gasteiger partial charge >= 0.3 is 0 Å². The van der Waals surface area contributed by atoms with Gasteiger partial charge in [0.1, 0.15) is 0 Å².